The summed E-state index contributed by atoms with van der Waals surface area (Å²) < 4.78 is 27.5. The number of hydrogen-bond acceptors (Lipinski definition) is 4. The Labute approximate surface area is 132 Å². The molecule has 2 N–H and O–H groups in total. The van der Waals surface area contributed by atoms with E-state index < -0.39 is 10.0 Å². The van der Waals surface area contributed by atoms with Gasteiger partial charge in [0.25, 0.3) is 0 Å². The first kappa shape index (κ1) is 16.8. The van der Waals surface area contributed by atoms with Crippen LogP contribution in [0.4, 0.5) is 0 Å². The highest BCUT2D eigenvalue weighted by molar-refractivity contribution is 7.98. The van der Waals surface area contributed by atoms with Crippen molar-refractivity contribution in [1.29, 1.82) is 0 Å². The second-order valence-electron chi connectivity index (χ2n) is 5.61. The van der Waals surface area contributed by atoms with Crippen LogP contribution in [0.2, 0.25) is 0 Å². The predicted molar refractivity (Wildman–Crippen MR) is 89.1 cm³/mol. The van der Waals surface area contributed by atoms with E-state index in [2.05, 4.69) is 10.0 Å². The normalized spacial score (nSPS) is 16.9. The number of rotatable bonds is 9. The summed E-state index contributed by atoms with van der Waals surface area (Å²) in [7, 11) is -3.42. The Kier molecular flexibility index (Phi) is 6.10. The van der Waals surface area contributed by atoms with E-state index in [4.69, 9.17) is 0 Å². The number of benzene rings is 1. The van der Waals surface area contributed by atoms with Crippen LogP contribution in [0.5, 0.6) is 0 Å². The number of hydrogen-bond donors (Lipinski definition) is 2. The van der Waals surface area contributed by atoms with Gasteiger partial charge in [0, 0.05) is 18.6 Å². The molecular formula is C15H24N2O2S2. The van der Waals surface area contributed by atoms with Gasteiger partial charge in [0.2, 0.25) is 10.0 Å². The molecule has 0 bridgehead atoms. The van der Waals surface area contributed by atoms with Gasteiger partial charge >= 0.3 is 0 Å². The Morgan fingerprint density at radius 1 is 1.38 bits per heavy atom. The van der Waals surface area contributed by atoms with Crippen molar-refractivity contribution in [3.05, 3.63) is 29.8 Å². The van der Waals surface area contributed by atoms with Crippen molar-refractivity contribution in [2.45, 2.75) is 49.7 Å². The molecule has 1 aliphatic carbocycles. The highest BCUT2D eigenvalue weighted by Crippen LogP contribution is 2.20. The average molecular weight is 329 g/mol. The third kappa shape index (κ3) is 5.62. The zero-order valence-corrected chi connectivity index (χ0v) is 14.3. The van der Waals surface area contributed by atoms with E-state index in [-0.39, 0.29) is 6.04 Å². The van der Waals surface area contributed by atoms with Crippen LogP contribution >= 0.6 is 11.8 Å². The molecule has 1 aromatic carbocycles. The lowest BCUT2D eigenvalue weighted by Gasteiger charge is -2.14. The second kappa shape index (κ2) is 7.63. The minimum atomic E-state index is -3.42. The van der Waals surface area contributed by atoms with Crippen molar-refractivity contribution < 1.29 is 8.42 Å². The molecule has 1 fully saturated rings. The van der Waals surface area contributed by atoms with Crippen molar-refractivity contribution in [2.24, 2.45) is 0 Å². The molecule has 0 amide bonds. The first-order chi connectivity index (χ1) is 10.0. The quantitative estimate of drug-likeness (QED) is 0.731. The van der Waals surface area contributed by atoms with Gasteiger partial charge in [-0.25, -0.2) is 13.1 Å². The molecule has 2 rings (SSSR count). The third-order valence-corrected chi connectivity index (χ3v) is 5.72. The molecule has 21 heavy (non-hydrogen) atoms. The van der Waals surface area contributed by atoms with E-state index in [0.717, 1.165) is 24.3 Å². The maximum absolute atomic E-state index is 12.4. The molecule has 0 heterocycles. The monoisotopic (exact) mass is 328 g/mol. The Morgan fingerprint density at radius 2 is 2.14 bits per heavy atom. The molecular weight excluding hydrogens is 304 g/mol. The van der Waals surface area contributed by atoms with Gasteiger partial charge in [-0.1, -0.05) is 12.1 Å². The van der Waals surface area contributed by atoms with Gasteiger partial charge in [-0.2, -0.15) is 11.8 Å². The standard InChI is InChI=1S/C15H24N2O2S2/c1-12(8-9-20-2)17-21(18,19)15-5-3-4-13(10-15)11-16-14-6-7-14/h3-5,10,12,14,16-17H,6-9,11H2,1-2H3. The molecule has 0 radical (unpaired) electrons. The summed E-state index contributed by atoms with van der Waals surface area (Å²) in [5.74, 6) is 0.953. The minimum Gasteiger partial charge on any atom is -0.310 e. The van der Waals surface area contributed by atoms with Gasteiger partial charge in [-0.05, 0) is 55.9 Å². The van der Waals surface area contributed by atoms with Crippen LogP contribution in [-0.4, -0.2) is 32.5 Å². The minimum absolute atomic E-state index is 0.0457. The van der Waals surface area contributed by atoms with Gasteiger partial charge in [0.15, 0.2) is 0 Å². The summed E-state index contributed by atoms with van der Waals surface area (Å²) in [6, 6.07) is 7.77. The van der Waals surface area contributed by atoms with E-state index in [1.807, 2.05) is 25.3 Å². The van der Waals surface area contributed by atoms with Crippen LogP contribution in [-0.2, 0) is 16.6 Å². The average Bonchev–Trinajstić information content (AvgIpc) is 3.27. The fraction of sp³-hybridized carbons (Fsp3) is 0.600. The fourth-order valence-electron chi connectivity index (χ4n) is 2.06. The Balaban J connectivity index is 1.99. The Hall–Kier alpha value is -0.560. The van der Waals surface area contributed by atoms with Gasteiger partial charge in [-0.3, -0.25) is 0 Å². The molecule has 0 aliphatic heterocycles. The lowest BCUT2D eigenvalue weighted by atomic mass is 10.2. The Bertz CT molecular complexity index is 557. The molecule has 4 nitrogen and oxygen atoms in total. The molecule has 0 aromatic heterocycles. The summed E-state index contributed by atoms with van der Waals surface area (Å²) in [5, 5.41) is 3.40. The zero-order valence-electron chi connectivity index (χ0n) is 12.6. The predicted octanol–water partition coefficient (Wildman–Crippen LogP) is 2.36. The maximum atomic E-state index is 12.4. The van der Waals surface area contributed by atoms with Crippen LogP contribution in [0.3, 0.4) is 0 Å². The van der Waals surface area contributed by atoms with Crippen LogP contribution in [0.1, 0.15) is 31.7 Å². The molecule has 1 aliphatic rings. The summed E-state index contributed by atoms with van der Waals surface area (Å²) in [5.41, 5.74) is 1.02. The van der Waals surface area contributed by atoms with Crippen molar-refractivity contribution in [3.8, 4) is 0 Å². The molecule has 1 aromatic rings. The third-order valence-electron chi connectivity index (χ3n) is 3.49. The van der Waals surface area contributed by atoms with Gasteiger partial charge in [0.1, 0.15) is 0 Å². The summed E-state index contributed by atoms with van der Waals surface area (Å²) in [6.45, 7) is 2.64. The van der Waals surface area contributed by atoms with Crippen LogP contribution in [0.15, 0.2) is 29.2 Å². The number of thioether (sulfide) groups is 1. The van der Waals surface area contributed by atoms with E-state index in [9.17, 15) is 8.42 Å². The SMILES string of the molecule is CSCCC(C)NS(=O)(=O)c1cccc(CNC2CC2)c1. The first-order valence-corrected chi connectivity index (χ1v) is 10.2. The van der Waals surface area contributed by atoms with Crippen molar-refractivity contribution in [3.63, 3.8) is 0 Å². The summed E-state index contributed by atoms with van der Waals surface area (Å²) in [6.07, 6.45) is 5.32. The Morgan fingerprint density at radius 3 is 2.81 bits per heavy atom. The van der Waals surface area contributed by atoms with Crippen molar-refractivity contribution in [1.82, 2.24) is 10.0 Å². The van der Waals surface area contributed by atoms with Crippen LogP contribution in [0, 0.1) is 0 Å². The van der Waals surface area contributed by atoms with E-state index in [1.165, 1.54) is 12.8 Å². The fourth-order valence-corrected chi connectivity index (χ4v) is 4.00. The number of nitrogens with one attached hydrogen (secondary N) is 2. The molecule has 1 atom stereocenters. The van der Waals surface area contributed by atoms with E-state index in [0.29, 0.717) is 10.9 Å². The smallest absolute Gasteiger partial charge is 0.240 e. The molecule has 118 valence electrons. The van der Waals surface area contributed by atoms with Crippen LogP contribution in [0.25, 0.3) is 0 Å². The highest BCUT2D eigenvalue weighted by Gasteiger charge is 2.21. The highest BCUT2D eigenvalue weighted by atomic mass is 32.2. The topological polar surface area (TPSA) is 58.2 Å². The lowest BCUT2D eigenvalue weighted by Crippen LogP contribution is -2.33. The van der Waals surface area contributed by atoms with Gasteiger partial charge in [-0.15, -0.1) is 0 Å². The molecule has 6 heteroatoms. The molecule has 0 saturated heterocycles. The van der Waals surface area contributed by atoms with Gasteiger partial charge < -0.3 is 5.32 Å². The van der Waals surface area contributed by atoms with Crippen LogP contribution < -0.4 is 10.0 Å². The lowest BCUT2D eigenvalue weighted by molar-refractivity contribution is 0.557. The van der Waals surface area contributed by atoms with Crippen molar-refractivity contribution >= 4 is 21.8 Å². The molecule has 1 unspecified atom stereocenters. The van der Waals surface area contributed by atoms with Gasteiger partial charge in [0.05, 0.1) is 4.90 Å². The second-order valence-corrected chi connectivity index (χ2v) is 8.31. The largest absolute Gasteiger partial charge is 0.310 e. The van der Waals surface area contributed by atoms with E-state index >= 15 is 0 Å². The van der Waals surface area contributed by atoms with E-state index in [1.54, 1.807) is 23.9 Å². The molecule has 1 saturated carbocycles. The summed E-state index contributed by atoms with van der Waals surface area (Å²) >= 11 is 1.73. The first-order valence-electron chi connectivity index (χ1n) is 7.35. The summed E-state index contributed by atoms with van der Waals surface area (Å²) in [4.78, 5) is 0.355. The van der Waals surface area contributed by atoms with Crippen molar-refractivity contribution in [2.75, 3.05) is 12.0 Å². The maximum Gasteiger partial charge on any atom is 0.240 e. The number of sulfonamides is 1. The zero-order chi connectivity index (χ0) is 15.3. The molecule has 0 spiro atoms.